The van der Waals surface area contributed by atoms with E-state index in [0.29, 0.717) is 5.88 Å². The lowest BCUT2D eigenvalue weighted by Gasteiger charge is -2.27. The van der Waals surface area contributed by atoms with Gasteiger partial charge >= 0.3 is 0 Å². The molecule has 3 rings (SSSR count). The first kappa shape index (κ1) is 14.0. The highest BCUT2D eigenvalue weighted by Gasteiger charge is 2.21. The molecular formula is C17H21N3O. The Bertz CT molecular complexity index is 593. The van der Waals surface area contributed by atoms with Gasteiger partial charge in [0.1, 0.15) is 0 Å². The number of hydrogen-bond donors (Lipinski definition) is 1. The van der Waals surface area contributed by atoms with Gasteiger partial charge in [-0.2, -0.15) is 0 Å². The summed E-state index contributed by atoms with van der Waals surface area (Å²) in [4.78, 5) is 0. The number of nitrogens with one attached hydrogen (secondary N) is 1. The molecule has 0 bridgehead atoms. The summed E-state index contributed by atoms with van der Waals surface area (Å²) in [5, 5.41) is 11.7. The van der Waals surface area contributed by atoms with Crippen LogP contribution in [0.15, 0.2) is 36.4 Å². The Morgan fingerprint density at radius 3 is 2.62 bits per heavy atom. The maximum absolute atomic E-state index is 5.07. The van der Waals surface area contributed by atoms with Gasteiger partial charge in [0.05, 0.1) is 18.8 Å². The third kappa shape index (κ3) is 2.90. The third-order valence-corrected chi connectivity index (χ3v) is 4.27. The second-order valence-corrected chi connectivity index (χ2v) is 5.52. The van der Waals surface area contributed by atoms with E-state index in [2.05, 4.69) is 39.8 Å². The van der Waals surface area contributed by atoms with Gasteiger partial charge in [-0.05, 0) is 43.0 Å². The molecule has 1 aromatic carbocycles. The number of hydrogen-bond acceptors (Lipinski definition) is 4. The molecule has 0 radical (unpaired) electrons. The minimum absolute atomic E-state index is 0.0587. The Balaban J connectivity index is 1.87. The highest BCUT2D eigenvalue weighted by Crippen LogP contribution is 2.37. The van der Waals surface area contributed by atoms with Gasteiger partial charge < -0.3 is 10.1 Å². The van der Waals surface area contributed by atoms with Crippen LogP contribution in [0.4, 0.5) is 0 Å². The summed E-state index contributed by atoms with van der Waals surface area (Å²) in [7, 11) is 3.55. The summed E-state index contributed by atoms with van der Waals surface area (Å²) >= 11 is 0. The van der Waals surface area contributed by atoms with Crippen LogP contribution in [0.2, 0.25) is 0 Å². The van der Waals surface area contributed by atoms with E-state index in [1.807, 2.05) is 19.2 Å². The highest BCUT2D eigenvalue weighted by atomic mass is 16.5. The standard InChI is InChI=1S/C17H21N3O/c1-18-17(15-9-10-16(21-2)20-19-15)14-8-4-7-13(11-14)12-5-3-6-12/h4,7-12,17-18H,3,5-6H2,1-2H3. The topological polar surface area (TPSA) is 47.0 Å². The van der Waals surface area contributed by atoms with Crippen molar-refractivity contribution in [2.75, 3.05) is 14.2 Å². The number of aromatic nitrogens is 2. The molecule has 0 spiro atoms. The van der Waals surface area contributed by atoms with Gasteiger partial charge in [0.25, 0.3) is 0 Å². The van der Waals surface area contributed by atoms with Crippen LogP contribution in [0.5, 0.6) is 5.88 Å². The lowest BCUT2D eigenvalue weighted by Crippen LogP contribution is -2.20. The second-order valence-electron chi connectivity index (χ2n) is 5.52. The average molecular weight is 283 g/mol. The van der Waals surface area contributed by atoms with Crippen LogP contribution in [-0.2, 0) is 0 Å². The first-order valence-electron chi connectivity index (χ1n) is 7.46. The Kier molecular flexibility index (Phi) is 4.15. The fourth-order valence-electron chi connectivity index (χ4n) is 2.81. The minimum atomic E-state index is 0.0587. The molecule has 2 aromatic rings. The zero-order valence-corrected chi connectivity index (χ0v) is 12.5. The van der Waals surface area contributed by atoms with E-state index < -0.39 is 0 Å². The van der Waals surface area contributed by atoms with Crippen molar-refractivity contribution in [2.24, 2.45) is 0 Å². The largest absolute Gasteiger partial charge is 0.480 e. The van der Waals surface area contributed by atoms with Crippen LogP contribution in [0.1, 0.15) is 48.0 Å². The van der Waals surface area contributed by atoms with Crippen molar-refractivity contribution in [3.8, 4) is 5.88 Å². The van der Waals surface area contributed by atoms with Crippen molar-refractivity contribution in [3.63, 3.8) is 0 Å². The molecule has 4 nitrogen and oxygen atoms in total. The molecule has 1 heterocycles. The molecule has 1 N–H and O–H groups in total. The first-order valence-corrected chi connectivity index (χ1v) is 7.46. The molecule has 1 fully saturated rings. The molecule has 110 valence electrons. The predicted molar refractivity (Wildman–Crippen MR) is 82.5 cm³/mol. The Morgan fingerprint density at radius 1 is 1.19 bits per heavy atom. The van der Waals surface area contributed by atoms with E-state index in [-0.39, 0.29) is 6.04 Å². The zero-order chi connectivity index (χ0) is 14.7. The fraction of sp³-hybridized carbons (Fsp3) is 0.412. The summed E-state index contributed by atoms with van der Waals surface area (Å²) in [6, 6.07) is 12.7. The number of methoxy groups -OCH3 is 1. The highest BCUT2D eigenvalue weighted by molar-refractivity contribution is 5.33. The summed E-state index contributed by atoms with van der Waals surface area (Å²) in [6.45, 7) is 0. The minimum Gasteiger partial charge on any atom is -0.480 e. The summed E-state index contributed by atoms with van der Waals surface area (Å²) in [5.41, 5.74) is 3.59. The van der Waals surface area contributed by atoms with E-state index in [1.54, 1.807) is 7.11 Å². The number of ether oxygens (including phenoxy) is 1. The summed E-state index contributed by atoms with van der Waals surface area (Å²) < 4.78 is 5.07. The van der Waals surface area contributed by atoms with Gasteiger partial charge in [-0.15, -0.1) is 10.2 Å². The molecule has 21 heavy (non-hydrogen) atoms. The molecule has 1 unspecified atom stereocenters. The monoisotopic (exact) mass is 283 g/mol. The second kappa shape index (κ2) is 6.22. The van der Waals surface area contributed by atoms with Crippen LogP contribution in [0, 0.1) is 0 Å². The molecule has 0 aliphatic heterocycles. The van der Waals surface area contributed by atoms with Gasteiger partial charge in [-0.1, -0.05) is 30.7 Å². The molecule has 1 aliphatic carbocycles. The molecule has 0 saturated heterocycles. The first-order chi connectivity index (χ1) is 10.3. The van der Waals surface area contributed by atoms with Crippen molar-refractivity contribution < 1.29 is 4.74 Å². The molecule has 1 saturated carbocycles. The van der Waals surface area contributed by atoms with Crippen LogP contribution in [0.25, 0.3) is 0 Å². The smallest absolute Gasteiger partial charge is 0.233 e. The average Bonchev–Trinajstić information content (AvgIpc) is 2.47. The zero-order valence-electron chi connectivity index (χ0n) is 12.5. The van der Waals surface area contributed by atoms with Gasteiger partial charge in [0.15, 0.2) is 0 Å². The van der Waals surface area contributed by atoms with Crippen LogP contribution < -0.4 is 10.1 Å². The molecule has 4 heteroatoms. The van der Waals surface area contributed by atoms with E-state index in [4.69, 9.17) is 4.74 Å². The maximum Gasteiger partial charge on any atom is 0.233 e. The predicted octanol–water partition coefficient (Wildman–Crippen LogP) is 3.06. The number of rotatable bonds is 5. The van der Waals surface area contributed by atoms with E-state index >= 15 is 0 Å². The molecule has 1 atom stereocenters. The summed E-state index contributed by atoms with van der Waals surface area (Å²) in [5.74, 6) is 1.28. The quantitative estimate of drug-likeness (QED) is 0.916. The Labute approximate surface area is 125 Å². The van der Waals surface area contributed by atoms with Crippen LogP contribution >= 0.6 is 0 Å². The molecular weight excluding hydrogens is 262 g/mol. The van der Waals surface area contributed by atoms with Gasteiger partial charge in [0.2, 0.25) is 5.88 Å². The normalized spacial score (nSPS) is 16.3. The molecule has 0 amide bonds. The lowest BCUT2D eigenvalue weighted by molar-refractivity contribution is 0.390. The van der Waals surface area contributed by atoms with Crippen LogP contribution in [0.3, 0.4) is 0 Å². The van der Waals surface area contributed by atoms with Gasteiger partial charge in [-0.25, -0.2) is 0 Å². The van der Waals surface area contributed by atoms with Gasteiger partial charge in [-0.3, -0.25) is 0 Å². The van der Waals surface area contributed by atoms with Crippen molar-refractivity contribution in [3.05, 3.63) is 53.2 Å². The molecule has 1 aromatic heterocycles. The summed E-state index contributed by atoms with van der Waals surface area (Å²) in [6.07, 6.45) is 3.99. The fourth-order valence-corrected chi connectivity index (χ4v) is 2.81. The lowest BCUT2D eigenvalue weighted by atomic mass is 9.79. The Hall–Kier alpha value is -1.94. The number of nitrogens with zero attached hydrogens (tertiary/aromatic N) is 2. The van der Waals surface area contributed by atoms with Gasteiger partial charge in [0, 0.05) is 6.07 Å². The van der Waals surface area contributed by atoms with Crippen molar-refractivity contribution >= 4 is 0 Å². The maximum atomic E-state index is 5.07. The van der Waals surface area contributed by atoms with Crippen molar-refractivity contribution in [2.45, 2.75) is 31.2 Å². The molecule has 1 aliphatic rings. The Morgan fingerprint density at radius 2 is 2.05 bits per heavy atom. The SMILES string of the molecule is CNC(c1cccc(C2CCC2)c1)c1ccc(OC)nn1. The van der Waals surface area contributed by atoms with E-state index in [1.165, 1.54) is 30.4 Å². The van der Waals surface area contributed by atoms with Crippen molar-refractivity contribution in [1.82, 2.24) is 15.5 Å². The third-order valence-electron chi connectivity index (χ3n) is 4.27. The van der Waals surface area contributed by atoms with Crippen molar-refractivity contribution in [1.29, 1.82) is 0 Å². The van der Waals surface area contributed by atoms with Crippen LogP contribution in [-0.4, -0.2) is 24.4 Å². The van der Waals surface area contributed by atoms with E-state index in [9.17, 15) is 0 Å². The number of benzene rings is 1. The van der Waals surface area contributed by atoms with E-state index in [0.717, 1.165) is 11.6 Å².